The monoisotopic (exact) mass is 393 g/mol. The third-order valence-electron chi connectivity index (χ3n) is 3.81. The summed E-state index contributed by atoms with van der Waals surface area (Å²) in [5, 5.41) is 20.4. The van der Waals surface area contributed by atoms with E-state index in [9.17, 15) is 18.3 Å². The van der Waals surface area contributed by atoms with E-state index in [2.05, 4.69) is 12.2 Å². The summed E-state index contributed by atoms with van der Waals surface area (Å²) in [4.78, 5) is 8.90. The number of aliphatic carboxylic acids is 1. The molecule has 27 heavy (non-hydrogen) atoms. The zero-order valence-corrected chi connectivity index (χ0v) is 15.3. The second-order valence-corrected chi connectivity index (χ2v) is 6.44. The SMILES string of the molecule is COc1cccc(OCC(O)CNC(C)CC2CC2)c1.O=C(O)C(F)(F)F. The van der Waals surface area contributed by atoms with Crippen LogP contribution in [0, 0.1) is 5.92 Å². The van der Waals surface area contributed by atoms with Crippen molar-refractivity contribution in [2.24, 2.45) is 5.92 Å². The standard InChI is InChI=1S/C16H25NO3.C2HF3O2/c1-12(8-13-6-7-13)17-10-14(18)11-20-16-5-3-4-15(9-16)19-2;3-2(4,5)1(6)7/h3-5,9,12-14,17-18H,6-8,10-11H2,1-2H3;(H,6,7). The van der Waals surface area contributed by atoms with E-state index in [0.29, 0.717) is 12.6 Å². The number of ether oxygens (including phenoxy) is 2. The average molecular weight is 393 g/mol. The molecule has 6 nitrogen and oxygen atoms in total. The van der Waals surface area contributed by atoms with Crippen LogP contribution in [0.1, 0.15) is 26.2 Å². The fourth-order valence-corrected chi connectivity index (χ4v) is 2.22. The number of carbonyl (C=O) groups is 1. The number of nitrogens with one attached hydrogen (secondary N) is 1. The lowest BCUT2D eigenvalue weighted by atomic mass is 10.1. The fourth-order valence-electron chi connectivity index (χ4n) is 2.22. The predicted molar refractivity (Wildman–Crippen MR) is 93.0 cm³/mol. The highest BCUT2D eigenvalue weighted by Crippen LogP contribution is 2.33. The summed E-state index contributed by atoms with van der Waals surface area (Å²) in [6, 6.07) is 7.88. The molecular formula is C18H26F3NO5. The Balaban J connectivity index is 0.000000445. The van der Waals surface area contributed by atoms with Crippen molar-refractivity contribution in [3.8, 4) is 11.5 Å². The van der Waals surface area contributed by atoms with Gasteiger partial charge in [-0.2, -0.15) is 13.2 Å². The number of carboxylic acid groups (broad SMARTS) is 1. The number of methoxy groups -OCH3 is 1. The Labute approximate surface area is 156 Å². The van der Waals surface area contributed by atoms with Gasteiger partial charge in [-0.05, 0) is 31.4 Å². The molecule has 9 heteroatoms. The lowest BCUT2D eigenvalue weighted by molar-refractivity contribution is -0.192. The minimum absolute atomic E-state index is 0.288. The highest BCUT2D eigenvalue weighted by Gasteiger charge is 2.38. The predicted octanol–water partition coefficient (Wildman–Crippen LogP) is 2.85. The molecule has 2 unspecified atom stereocenters. The van der Waals surface area contributed by atoms with Gasteiger partial charge in [-0.15, -0.1) is 0 Å². The Morgan fingerprint density at radius 3 is 2.44 bits per heavy atom. The largest absolute Gasteiger partial charge is 0.497 e. The molecule has 2 rings (SSSR count). The highest BCUT2D eigenvalue weighted by molar-refractivity contribution is 5.73. The van der Waals surface area contributed by atoms with Crippen molar-refractivity contribution < 1.29 is 37.7 Å². The van der Waals surface area contributed by atoms with Gasteiger partial charge < -0.3 is 25.0 Å². The zero-order valence-electron chi connectivity index (χ0n) is 15.3. The Morgan fingerprint density at radius 1 is 1.33 bits per heavy atom. The van der Waals surface area contributed by atoms with Gasteiger partial charge in [0.25, 0.3) is 0 Å². The molecule has 1 fully saturated rings. The normalized spacial score (nSPS) is 15.9. The van der Waals surface area contributed by atoms with E-state index in [1.165, 1.54) is 19.3 Å². The van der Waals surface area contributed by atoms with Crippen LogP contribution in [0.2, 0.25) is 0 Å². The molecular weight excluding hydrogens is 367 g/mol. The van der Waals surface area contributed by atoms with E-state index in [-0.39, 0.29) is 6.61 Å². The van der Waals surface area contributed by atoms with Crippen LogP contribution in [0.4, 0.5) is 13.2 Å². The van der Waals surface area contributed by atoms with Gasteiger partial charge in [-0.1, -0.05) is 18.9 Å². The maximum atomic E-state index is 10.6. The Morgan fingerprint density at radius 2 is 1.93 bits per heavy atom. The summed E-state index contributed by atoms with van der Waals surface area (Å²) in [5.74, 6) is -0.377. The molecule has 3 N–H and O–H groups in total. The smallest absolute Gasteiger partial charge is 0.490 e. The van der Waals surface area contributed by atoms with Crippen LogP contribution in [0.5, 0.6) is 11.5 Å². The van der Waals surface area contributed by atoms with Crippen LogP contribution < -0.4 is 14.8 Å². The molecule has 1 aliphatic carbocycles. The summed E-state index contributed by atoms with van der Waals surface area (Å²) >= 11 is 0. The van der Waals surface area contributed by atoms with E-state index >= 15 is 0 Å². The summed E-state index contributed by atoms with van der Waals surface area (Å²) in [5.41, 5.74) is 0. The van der Waals surface area contributed by atoms with Crippen molar-refractivity contribution in [1.29, 1.82) is 0 Å². The molecule has 0 saturated heterocycles. The van der Waals surface area contributed by atoms with Gasteiger partial charge in [0.2, 0.25) is 0 Å². The van der Waals surface area contributed by atoms with E-state index in [1.54, 1.807) is 7.11 Å². The first-order valence-electron chi connectivity index (χ1n) is 8.60. The summed E-state index contributed by atoms with van der Waals surface area (Å²) in [6.07, 6.45) is -1.63. The zero-order chi connectivity index (χ0) is 20.4. The number of aliphatic hydroxyl groups excluding tert-OH is 1. The van der Waals surface area contributed by atoms with Crippen LogP contribution in [0.25, 0.3) is 0 Å². The molecule has 0 spiro atoms. The van der Waals surface area contributed by atoms with Gasteiger partial charge in [0.05, 0.1) is 7.11 Å². The van der Waals surface area contributed by atoms with Crippen LogP contribution in [0.3, 0.4) is 0 Å². The number of benzene rings is 1. The van der Waals surface area contributed by atoms with Crippen LogP contribution >= 0.6 is 0 Å². The third kappa shape index (κ3) is 10.7. The number of hydrogen-bond acceptors (Lipinski definition) is 5. The lowest BCUT2D eigenvalue weighted by Gasteiger charge is -2.17. The topological polar surface area (TPSA) is 88.0 Å². The minimum atomic E-state index is -5.08. The van der Waals surface area contributed by atoms with Gasteiger partial charge in [0.1, 0.15) is 24.2 Å². The molecule has 1 aliphatic rings. The number of carboxylic acids is 1. The Bertz CT molecular complexity index is 578. The summed E-state index contributed by atoms with van der Waals surface area (Å²) in [6.45, 7) is 3.03. The van der Waals surface area contributed by atoms with Crippen molar-refractivity contribution in [2.75, 3.05) is 20.3 Å². The molecule has 154 valence electrons. The molecule has 1 aromatic rings. The number of rotatable bonds is 9. The first kappa shape index (κ1) is 23.0. The molecule has 2 atom stereocenters. The first-order chi connectivity index (χ1) is 12.6. The highest BCUT2D eigenvalue weighted by atomic mass is 19.4. The van der Waals surface area contributed by atoms with Gasteiger partial charge in [-0.25, -0.2) is 4.79 Å². The molecule has 1 aromatic carbocycles. The first-order valence-corrected chi connectivity index (χ1v) is 8.60. The van der Waals surface area contributed by atoms with Crippen molar-refractivity contribution >= 4 is 5.97 Å². The van der Waals surface area contributed by atoms with E-state index in [1.807, 2.05) is 24.3 Å². The van der Waals surface area contributed by atoms with Crippen molar-refractivity contribution in [3.63, 3.8) is 0 Å². The molecule has 0 aliphatic heterocycles. The number of hydrogen-bond donors (Lipinski definition) is 3. The Hall–Kier alpha value is -2.00. The summed E-state index contributed by atoms with van der Waals surface area (Å²) in [7, 11) is 1.62. The quantitative estimate of drug-likeness (QED) is 0.598. The van der Waals surface area contributed by atoms with Crippen molar-refractivity contribution in [3.05, 3.63) is 24.3 Å². The molecule has 0 amide bonds. The maximum absolute atomic E-state index is 10.6. The van der Waals surface area contributed by atoms with Crippen LogP contribution in [-0.2, 0) is 4.79 Å². The second-order valence-electron chi connectivity index (χ2n) is 6.44. The molecule has 0 heterocycles. The molecule has 0 aromatic heterocycles. The Kier molecular flexibility index (Phi) is 9.37. The van der Waals surface area contributed by atoms with Gasteiger partial charge in [0.15, 0.2) is 0 Å². The average Bonchev–Trinajstić information content (AvgIpc) is 3.42. The van der Waals surface area contributed by atoms with Crippen molar-refractivity contribution in [1.82, 2.24) is 5.32 Å². The molecule has 0 bridgehead atoms. The van der Waals surface area contributed by atoms with E-state index in [4.69, 9.17) is 19.4 Å². The number of halogens is 3. The van der Waals surface area contributed by atoms with Crippen LogP contribution in [0.15, 0.2) is 24.3 Å². The van der Waals surface area contributed by atoms with E-state index < -0.39 is 18.2 Å². The number of alkyl halides is 3. The van der Waals surface area contributed by atoms with Gasteiger partial charge >= 0.3 is 12.1 Å². The lowest BCUT2D eigenvalue weighted by Crippen LogP contribution is -2.36. The van der Waals surface area contributed by atoms with E-state index in [0.717, 1.165) is 17.4 Å². The maximum Gasteiger partial charge on any atom is 0.490 e. The van der Waals surface area contributed by atoms with Gasteiger partial charge in [0, 0.05) is 18.7 Å². The molecule has 0 radical (unpaired) electrons. The van der Waals surface area contributed by atoms with Crippen LogP contribution in [-0.4, -0.2) is 54.8 Å². The molecule has 1 saturated carbocycles. The fraction of sp³-hybridized carbons (Fsp3) is 0.611. The number of aliphatic hydroxyl groups is 1. The van der Waals surface area contributed by atoms with Crippen molar-refractivity contribution in [2.45, 2.75) is 44.5 Å². The summed E-state index contributed by atoms with van der Waals surface area (Å²) < 4.78 is 42.4. The van der Waals surface area contributed by atoms with Gasteiger partial charge in [-0.3, -0.25) is 0 Å². The third-order valence-corrected chi connectivity index (χ3v) is 3.81. The second kappa shape index (κ2) is 11.0. The minimum Gasteiger partial charge on any atom is -0.497 e.